The summed E-state index contributed by atoms with van der Waals surface area (Å²) in [6.45, 7) is 3.66. The number of hydrogen-bond acceptors (Lipinski definition) is 3. The van der Waals surface area contributed by atoms with Crippen LogP contribution in [0.4, 0.5) is 0 Å². The number of rotatable bonds is 1. The molecular formula is C12H15N3OS. The van der Waals surface area contributed by atoms with Crippen molar-refractivity contribution in [2.45, 2.75) is 25.8 Å². The summed E-state index contributed by atoms with van der Waals surface area (Å²) in [6, 6.07) is 2.51. The lowest BCUT2D eigenvalue weighted by molar-refractivity contribution is 0.0701. The molecule has 0 aliphatic carbocycles. The van der Waals surface area contributed by atoms with E-state index in [0.29, 0.717) is 6.04 Å². The summed E-state index contributed by atoms with van der Waals surface area (Å²) in [7, 11) is 0. The highest BCUT2D eigenvalue weighted by molar-refractivity contribution is 7.71. The number of ether oxygens (including phenoxy) is 1. The van der Waals surface area contributed by atoms with Gasteiger partial charge in [-0.2, -0.15) is 0 Å². The molecule has 1 saturated heterocycles. The van der Waals surface area contributed by atoms with Gasteiger partial charge in [0.25, 0.3) is 0 Å². The van der Waals surface area contributed by atoms with Gasteiger partial charge in [0.2, 0.25) is 0 Å². The molecule has 4 nitrogen and oxygen atoms in total. The Morgan fingerprint density at radius 3 is 3.00 bits per heavy atom. The summed E-state index contributed by atoms with van der Waals surface area (Å²) in [5.41, 5.74) is 3.14. The summed E-state index contributed by atoms with van der Waals surface area (Å²) in [5, 5.41) is 0. The molecule has 2 aromatic rings. The fourth-order valence-corrected chi connectivity index (χ4v) is 2.75. The van der Waals surface area contributed by atoms with E-state index < -0.39 is 0 Å². The summed E-state index contributed by atoms with van der Waals surface area (Å²) in [6.07, 6.45) is 3.91. The molecule has 1 fully saturated rings. The van der Waals surface area contributed by atoms with Gasteiger partial charge in [0.05, 0.1) is 5.52 Å². The predicted molar refractivity (Wildman–Crippen MR) is 68.7 cm³/mol. The molecule has 0 spiro atoms. The second kappa shape index (κ2) is 4.23. The Kier molecular flexibility index (Phi) is 2.72. The van der Waals surface area contributed by atoms with Gasteiger partial charge in [-0.1, -0.05) is 0 Å². The van der Waals surface area contributed by atoms with E-state index in [1.165, 1.54) is 0 Å². The second-order valence-electron chi connectivity index (χ2n) is 4.53. The van der Waals surface area contributed by atoms with E-state index in [0.717, 1.165) is 47.6 Å². The number of pyridine rings is 1. The molecule has 1 aliphatic rings. The molecule has 5 heteroatoms. The average Bonchev–Trinajstić information content (AvgIpc) is 2.65. The summed E-state index contributed by atoms with van der Waals surface area (Å²) in [4.78, 5) is 7.74. The third-order valence-electron chi connectivity index (χ3n) is 3.25. The van der Waals surface area contributed by atoms with E-state index in [4.69, 9.17) is 17.0 Å². The number of nitrogens with zero attached hydrogens (tertiary/aromatic N) is 2. The van der Waals surface area contributed by atoms with Crippen LogP contribution in [0, 0.1) is 11.7 Å². The van der Waals surface area contributed by atoms with E-state index in [9.17, 15) is 0 Å². The molecule has 3 rings (SSSR count). The topological polar surface area (TPSA) is 42.8 Å². The van der Waals surface area contributed by atoms with Gasteiger partial charge in [0.1, 0.15) is 0 Å². The zero-order valence-electron chi connectivity index (χ0n) is 9.77. The fraction of sp³-hybridized carbons (Fsp3) is 0.500. The van der Waals surface area contributed by atoms with Crippen molar-refractivity contribution in [2.75, 3.05) is 13.2 Å². The lowest BCUT2D eigenvalue weighted by Crippen LogP contribution is -2.19. The Hall–Kier alpha value is -1.20. The van der Waals surface area contributed by atoms with E-state index in [1.54, 1.807) is 0 Å². The average molecular weight is 249 g/mol. The minimum atomic E-state index is 0.417. The van der Waals surface area contributed by atoms with Crippen molar-refractivity contribution in [1.29, 1.82) is 0 Å². The number of fused-ring (bicyclic) bond motifs is 1. The molecule has 0 unspecified atom stereocenters. The third kappa shape index (κ3) is 1.89. The van der Waals surface area contributed by atoms with Crippen LogP contribution >= 0.6 is 12.2 Å². The van der Waals surface area contributed by atoms with Crippen molar-refractivity contribution in [1.82, 2.24) is 14.5 Å². The molecule has 2 aromatic heterocycles. The minimum Gasteiger partial charge on any atom is -0.381 e. The molecule has 3 heterocycles. The SMILES string of the molecule is Cc1cnc2c(c1)[nH]c(=S)n2C1CCOCC1. The summed E-state index contributed by atoms with van der Waals surface area (Å²) >= 11 is 5.40. The molecule has 0 bridgehead atoms. The first kappa shape index (κ1) is 10.9. The maximum absolute atomic E-state index is 5.40. The highest BCUT2D eigenvalue weighted by atomic mass is 32.1. The highest BCUT2D eigenvalue weighted by Crippen LogP contribution is 2.25. The summed E-state index contributed by atoms with van der Waals surface area (Å²) < 4.78 is 8.30. The normalized spacial score (nSPS) is 17.7. The molecule has 0 saturated carbocycles. The standard InChI is InChI=1S/C12H15N3OS/c1-8-6-10-11(13-7-8)15(12(17)14-10)9-2-4-16-5-3-9/h6-7,9H,2-5H2,1H3,(H,14,17). The Balaban J connectivity index is 2.14. The number of H-pyrrole nitrogens is 1. The second-order valence-corrected chi connectivity index (χ2v) is 4.91. The molecule has 0 aromatic carbocycles. The van der Waals surface area contributed by atoms with Crippen LogP contribution in [0.25, 0.3) is 11.2 Å². The van der Waals surface area contributed by atoms with Crippen LogP contribution in [0.1, 0.15) is 24.4 Å². The number of imidazole rings is 1. The lowest BCUT2D eigenvalue weighted by Gasteiger charge is -2.23. The molecule has 17 heavy (non-hydrogen) atoms. The highest BCUT2D eigenvalue weighted by Gasteiger charge is 2.19. The zero-order chi connectivity index (χ0) is 11.8. The first-order valence-electron chi connectivity index (χ1n) is 5.90. The monoisotopic (exact) mass is 249 g/mol. The zero-order valence-corrected chi connectivity index (χ0v) is 10.6. The van der Waals surface area contributed by atoms with Crippen LogP contribution in [0.15, 0.2) is 12.3 Å². The predicted octanol–water partition coefficient (Wildman–Crippen LogP) is 2.75. The minimum absolute atomic E-state index is 0.417. The van der Waals surface area contributed by atoms with Crippen molar-refractivity contribution in [3.8, 4) is 0 Å². The largest absolute Gasteiger partial charge is 0.381 e. The van der Waals surface area contributed by atoms with Gasteiger partial charge < -0.3 is 9.72 Å². The Morgan fingerprint density at radius 1 is 1.47 bits per heavy atom. The van der Waals surface area contributed by atoms with Crippen molar-refractivity contribution in [2.24, 2.45) is 0 Å². The van der Waals surface area contributed by atoms with Gasteiger partial charge in [-0.05, 0) is 43.6 Å². The molecule has 0 atom stereocenters. The van der Waals surface area contributed by atoms with Crippen LogP contribution in [0.5, 0.6) is 0 Å². The van der Waals surface area contributed by atoms with Gasteiger partial charge in [-0.25, -0.2) is 4.98 Å². The molecule has 0 amide bonds. The van der Waals surface area contributed by atoms with Crippen molar-refractivity contribution in [3.63, 3.8) is 0 Å². The van der Waals surface area contributed by atoms with Crippen LogP contribution in [-0.4, -0.2) is 27.7 Å². The maximum atomic E-state index is 5.40. The van der Waals surface area contributed by atoms with Crippen molar-refractivity contribution in [3.05, 3.63) is 22.6 Å². The van der Waals surface area contributed by atoms with E-state index in [2.05, 4.69) is 20.6 Å². The maximum Gasteiger partial charge on any atom is 0.179 e. The molecule has 1 aliphatic heterocycles. The number of aromatic amines is 1. The van der Waals surface area contributed by atoms with Crippen molar-refractivity contribution < 1.29 is 4.74 Å². The van der Waals surface area contributed by atoms with Gasteiger partial charge in [0, 0.05) is 25.5 Å². The van der Waals surface area contributed by atoms with E-state index in [1.807, 2.05) is 13.1 Å². The first-order chi connectivity index (χ1) is 8.25. The van der Waals surface area contributed by atoms with Gasteiger partial charge >= 0.3 is 0 Å². The van der Waals surface area contributed by atoms with Crippen LogP contribution < -0.4 is 0 Å². The van der Waals surface area contributed by atoms with Crippen molar-refractivity contribution >= 4 is 23.4 Å². The number of hydrogen-bond donors (Lipinski definition) is 1. The van der Waals surface area contributed by atoms with Gasteiger partial charge in [0.15, 0.2) is 10.4 Å². The molecule has 0 radical (unpaired) electrons. The Labute approximate surface area is 105 Å². The van der Waals surface area contributed by atoms with E-state index in [-0.39, 0.29) is 0 Å². The van der Waals surface area contributed by atoms with Gasteiger partial charge in [-0.15, -0.1) is 0 Å². The van der Waals surface area contributed by atoms with Gasteiger partial charge in [-0.3, -0.25) is 4.57 Å². The molecular weight excluding hydrogens is 234 g/mol. The number of nitrogens with one attached hydrogen (secondary N) is 1. The lowest BCUT2D eigenvalue weighted by atomic mass is 10.1. The smallest absolute Gasteiger partial charge is 0.179 e. The number of aromatic nitrogens is 3. The number of aryl methyl sites for hydroxylation is 1. The molecule has 90 valence electrons. The van der Waals surface area contributed by atoms with Crippen LogP contribution in [0.3, 0.4) is 0 Å². The quantitative estimate of drug-likeness (QED) is 0.790. The summed E-state index contributed by atoms with van der Waals surface area (Å²) in [5.74, 6) is 0. The van der Waals surface area contributed by atoms with E-state index >= 15 is 0 Å². The fourth-order valence-electron chi connectivity index (χ4n) is 2.40. The Bertz CT molecular complexity index is 595. The molecule has 1 N–H and O–H groups in total. The first-order valence-corrected chi connectivity index (χ1v) is 6.31. The third-order valence-corrected chi connectivity index (χ3v) is 3.55. The van der Waals surface area contributed by atoms with Crippen LogP contribution in [0.2, 0.25) is 0 Å². The van der Waals surface area contributed by atoms with Crippen LogP contribution in [-0.2, 0) is 4.74 Å². The Morgan fingerprint density at radius 2 is 2.24 bits per heavy atom.